The topological polar surface area (TPSA) is 161 Å². The highest BCUT2D eigenvalue weighted by Crippen LogP contribution is 2.68. The van der Waals surface area contributed by atoms with Crippen LogP contribution in [-0.4, -0.2) is 105 Å². The molecule has 2 saturated carbocycles. The van der Waals surface area contributed by atoms with E-state index >= 15 is 0 Å². The molecule has 4 aliphatic heterocycles. The zero-order chi connectivity index (χ0) is 36.1. The number of hydrogen-bond acceptors (Lipinski definition) is 11. The fourth-order valence-corrected chi connectivity index (χ4v) is 9.31. The number of piperidine rings is 1. The normalized spacial score (nSPS) is 23.5. The molecule has 1 atom stereocenters. The molecule has 53 heavy (non-hydrogen) atoms. The minimum Gasteiger partial charge on any atom is -0.369 e. The van der Waals surface area contributed by atoms with Gasteiger partial charge < -0.3 is 9.80 Å². The van der Waals surface area contributed by atoms with E-state index in [0.717, 1.165) is 91.5 Å². The molecule has 5 fully saturated rings. The van der Waals surface area contributed by atoms with Crippen LogP contribution in [0, 0.1) is 22.7 Å². The predicted octanol–water partition coefficient (Wildman–Crippen LogP) is 2.81. The molecule has 0 radical (unpaired) electrons. The highest BCUT2D eigenvalue weighted by molar-refractivity contribution is 6.23. The van der Waals surface area contributed by atoms with Gasteiger partial charge >= 0.3 is 0 Å². The first-order chi connectivity index (χ1) is 25.7. The van der Waals surface area contributed by atoms with Gasteiger partial charge in [-0.3, -0.25) is 34.3 Å². The van der Waals surface area contributed by atoms with Crippen molar-refractivity contribution in [2.75, 3.05) is 55.6 Å². The first-order valence-electron chi connectivity index (χ1n) is 18.5. The first-order valence-corrected chi connectivity index (χ1v) is 18.5. The number of anilines is 2. The van der Waals surface area contributed by atoms with Crippen molar-refractivity contribution in [1.29, 1.82) is 5.26 Å². The molecule has 14 nitrogen and oxygen atoms in total. The van der Waals surface area contributed by atoms with Crippen molar-refractivity contribution < 1.29 is 19.2 Å². The summed E-state index contributed by atoms with van der Waals surface area (Å²) in [7, 11) is 0. The highest BCUT2D eigenvalue weighted by atomic mass is 16.2. The van der Waals surface area contributed by atoms with Crippen molar-refractivity contribution in [3.63, 3.8) is 0 Å². The van der Waals surface area contributed by atoms with Crippen molar-refractivity contribution in [2.45, 2.75) is 50.0 Å². The smallest absolute Gasteiger partial charge is 0.262 e. The van der Waals surface area contributed by atoms with E-state index in [2.05, 4.69) is 59.4 Å². The molecular formula is C39H38N10O4. The Hall–Kier alpha value is -5.68. The Morgan fingerprint density at radius 3 is 2.40 bits per heavy atom. The average Bonchev–Trinajstić information content (AvgIpc) is 3.76. The van der Waals surface area contributed by atoms with Crippen LogP contribution in [-0.2, 0) is 15.0 Å². The van der Waals surface area contributed by atoms with E-state index in [4.69, 9.17) is 0 Å². The van der Waals surface area contributed by atoms with Gasteiger partial charge in [0, 0.05) is 75.3 Å². The second-order valence-corrected chi connectivity index (χ2v) is 15.8. The van der Waals surface area contributed by atoms with E-state index in [1.54, 1.807) is 18.5 Å². The van der Waals surface area contributed by atoms with Crippen molar-refractivity contribution in [3.8, 4) is 11.9 Å². The Bertz CT molecular complexity index is 2270. The minimum absolute atomic E-state index is 0.0939. The molecule has 4 aromatic rings. The molecule has 2 aromatic carbocycles. The van der Waals surface area contributed by atoms with Gasteiger partial charge in [0.25, 0.3) is 11.8 Å². The fourth-order valence-electron chi connectivity index (χ4n) is 9.31. The molecule has 4 amide bonds. The van der Waals surface area contributed by atoms with Crippen LogP contribution in [0.25, 0.3) is 16.7 Å². The summed E-state index contributed by atoms with van der Waals surface area (Å²) in [5, 5.41) is 18.1. The van der Waals surface area contributed by atoms with Gasteiger partial charge in [-0.15, -0.1) is 0 Å². The lowest BCUT2D eigenvalue weighted by molar-refractivity contribution is -0.136. The molecule has 2 aromatic heterocycles. The molecule has 268 valence electrons. The molecule has 14 heteroatoms. The van der Waals surface area contributed by atoms with Gasteiger partial charge in [0.2, 0.25) is 11.8 Å². The maximum absolute atomic E-state index is 13.3. The van der Waals surface area contributed by atoms with Gasteiger partial charge in [-0.05, 0) is 67.3 Å². The number of carbonyl (C=O) groups is 4. The zero-order valence-electron chi connectivity index (χ0n) is 29.2. The van der Waals surface area contributed by atoms with Crippen LogP contribution >= 0.6 is 0 Å². The second-order valence-electron chi connectivity index (χ2n) is 15.8. The third-order valence-electron chi connectivity index (χ3n) is 12.5. The van der Waals surface area contributed by atoms with Gasteiger partial charge in [0.1, 0.15) is 18.2 Å². The number of benzene rings is 2. The number of nitriles is 1. The lowest BCUT2D eigenvalue weighted by atomic mass is 9.57. The molecule has 6 aliphatic rings. The van der Waals surface area contributed by atoms with Gasteiger partial charge in [-0.2, -0.15) is 10.4 Å². The molecule has 10 rings (SSSR count). The van der Waals surface area contributed by atoms with Crippen LogP contribution in [0.3, 0.4) is 0 Å². The number of nitrogens with one attached hydrogen (secondary N) is 1. The molecule has 6 heterocycles. The van der Waals surface area contributed by atoms with Crippen LogP contribution in [0.5, 0.6) is 0 Å². The number of imide groups is 2. The fraction of sp³-hybridized carbons (Fsp3) is 0.436. The van der Waals surface area contributed by atoms with Crippen molar-refractivity contribution >= 4 is 46.0 Å². The molecule has 1 unspecified atom stereocenters. The largest absolute Gasteiger partial charge is 0.369 e. The van der Waals surface area contributed by atoms with Crippen molar-refractivity contribution in [2.24, 2.45) is 11.3 Å². The van der Waals surface area contributed by atoms with E-state index < -0.39 is 29.2 Å². The Balaban J connectivity index is 0.751. The summed E-state index contributed by atoms with van der Waals surface area (Å²) in [4.78, 5) is 67.6. The number of amides is 4. The molecule has 1 spiro atoms. The van der Waals surface area contributed by atoms with Crippen LogP contribution in [0.1, 0.15) is 64.8 Å². The minimum atomic E-state index is -0.971. The summed E-state index contributed by atoms with van der Waals surface area (Å²) in [6.45, 7) is 6.12. The maximum atomic E-state index is 13.3. The lowest BCUT2D eigenvalue weighted by Crippen LogP contribution is -2.55. The predicted molar refractivity (Wildman–Crippen MR) is 192 cm³/mol. The first kappa shape index (κ1) is 32.0. The number of fused-ring (bicyclic) bond motifs is 2. The SMILES string of the molecule is N#CC1(c2ccc3cnn(-c4cc(N5CC(CN6CCN(c7ccc8c(c7)C(=O)N(C7CCC(=O)NC7=O)C8=O)CC6)C5)ncn4)c3c2)CC2(CC2)C1. The lowest BCUT2D eigenvalue weighted by Gasteiger charge is -2.44. The Morgan fingerprint density at radius 2 is 1.64 bits per heavy atom. The van der Waals surface area contributed by atoms with E-state index in [9.17, 15) is 24.4 Å². The van der Waals surface area contributed by atoms with Crippen molar-refractivity contribution in [3.05, 3.63) is 71.7 Å². The molecule has 0 bridgehead atoms. The van der Waals surface area contributed by atoms with Gasteiger partial charge in [0.15, 0.2) is 5.82 Å². The average molecular weight is 711 g/mol. The Labute approximate surface area is 305 Å². The van der Waals surface area contributed by atoms with Gasteiger partial charge in [0.05, 0.1) is 34.3 Å². The quantitative estimate of drug-likeness (QED) is 0.281. The van der Waals surface area contributed by atoms with Gasteiger partial charge in [-0.25, -0.2) is 14.6 Å². The van der Waals surface area contributed by atoms with Crippen LogP contribution in [0.4, 0.5) is 11.5 Å². The third kappa shape index (κ3) is 5.20. The second kappa shape index (κ2) is 11.7. The summed E-state index contributed by atoms with van der Waals surface area (Å²) in [6.07, 6.45) is 8.08. The molecule has 3 saturated heterocycles. The summed E-state index contributed by atoms with van der Waals surface area (Å²) >= 11 is 0. The van der Waals surface area contributed by atoms with Crippen LogP contribution in [0.15, 0.2) is 55.0 Å². The molecule has 1 N–H and O–H groups in total. The summed E-state index contributed by atoms with van der Waals surface area (Å²) in [5.41, 5.74) is 3.52. The number of rotatable bonds is 7. The summed E-state index contributed by atoms with van der Waals surface area (Å²) in [5.74, 6) is 0.123. The van der Waals surface area contributed by atoms with Gasteiger partial charge in [-0.1, -0.05) is 12.1 Å². The number of aromatic nitrogens is 4. The van der Waals surface area contributed by atoms with Crippen LogP contribution < -0.4 is 15.1 Å². The summed E-state index contributed by atoms with van der Waals surface area (Å²) < 4.78 is 1.86. The van der Waals surface area contributed by atoms with Crippen LogP contribution in [0.2, 0.25) is 0 Å². The zero-order valence-corrected chi connectivity index (χ0v) is 29.2. The molecule has 2 aliphatic carbocycles. The standard InChI is InChI=1S/C39H38N10O4/c40-22-39(20-38(21-39)7-8-38)26-2-1-25-16-43-49(31(25)13-26)33-15-32(41-23-42-33)47-18-24(19-47)17-45-9-11-46(12-10-45)27-3-4-28-29(14-27)37(53)48(36(28)52)30-5-6-34(50)44-35(30)51/h1-4,13-16,23-24,30H,5-12,17-21H2,(H,44,50,51). The van der Waals surface area contributed by atoms with E-state index in [1.807, 2.05) is 23.0 Å². The number of nitrogens with zero attached hydrogens (tertiary/aromatic N) is 9. The van der Waals surface area contributed by atoms with Crippen molar-refractivity contribution in [1.82, 2.24) is 34.9 Å². The molecular weight excluding hydrogens is 672 g/mol. The van der Waals surface area contributed by atoms with E-state index in [1.165, 1.54) is 12.8 Å². The number of hydrogen-bond donors (Lipinski definition) is 1. The number of carbonyl (C=O) groups excluding carboxylic acids is 4. The summed E-state index contributed by atoms with van der Waals surface area (Å²) in [6, 6.07) is 15.3. The van der Waals surface area contributed by atoms with E-state index in [0.29, 0.717) is 28.3 Å². The van der Waals surface area contributed by atoms with E-state index in [-0.39, 0.29) is 18.7 Å². The Morgan fingerprint density at radius 1 is 0.868 bits per heavy atom. The third-order valence-corrected chi connectivity index (χ3v) is 12.5. The Kier molecular flexibility index (Phi) is 7.04. The number of piperazine rings is 1. The monoisotopic (exact) mass is 710 g/mol. The maximum Gasteiger partial charge on any atom is 0.262 e. The highest BCUT2D eigenvalue weighted by Gasteiger charge is 2.62.